The van der Waals surface area contributed by atoms with Gasteiger partial charge >= 0.3 is 5.97 Å². The molecule has 3 rings (SSSR count). The Hall–Kier alpha value is -2.63. The second-order valence-corrected chi connectivity index (χ2v) is 6.48. The largest absolute Gasteiger partial charge is 0.481 e. The maximum absolute atomic E-state index is 12.5. The molecule has 6 heteroatoms. The van der Waals surface area contributed by atoms with Gasteiger partial charge in [-0.25, -0.2) is 4.68 Å². The molecule has 25 heavy (non-hydrogen) atoms. The summed E-state index contributed by atoms with van der Waals surface area (Å²) in [4.78, 5) is 23.1. The summed E-state index contributed by atoms with van der Waals surface area (Å²) in [5, 5.41) is 16.1. The molecule has 2 N–H and O–H groups in total. The number of fused-ring (bicyclic) bond motifs is 1. The van der Waals surface area contributed by atoms with Crippen LogP contribution in [0.3, 0.4) is 0 Å². The summed E-state index contributed by atoms with van der Waals surface area (Å²) in [5.74, 6) is -1.07. The van der Waals surface area contributed by atoms with Crippen LogP contribution in [0.15, 0.2) is 24.3 Å². The van der Waals surface area contributed by atoms with Gasteiger partial charge in [-0.1, -0.05) is 17.7 Å². The summed E-state index contributed by atoms with van der Waals surface area (Å²) in [7, 11) is 0. The molecule has 0 bridgehead atoms. The van der Waals surface area contributed by atoms with E-state index < -0.39 is 5.97 Å². The van der Waals surface area contributed by atoms with Crippen LogP contribution in [0.4, 0.5) is 0 Å². The molecule has 0 saturated heterocycles. The lowest BCUT2D eigenvalue weighted by Crippen LogP contribution is -2.26. The molecule has 1 aromatic carbocycles. The molecule has 1 aliphatic carbocycles. The fraction of sp³-hybridized carbons (Fsp3) is 0.421. The van der Waals surface area contributed by atoms with E-state index in [9.17, 15) is 9.59 Å². The lowest BCUT2D eigenvalue weighted by atomic mass is 9.95. The third-order valence-corrected chi connectivity index (χ3v) is 4.53. The third-order valence-electron chi connectivity index (χ3n) is 4.53. The van der Waals surface area contributed by atoms with Crippen LogP contribution in [0.25, 0.3) is 5.69 Å². The van der Waals surface area contributed by atoms with Crippen LogP contribution < -0.4 is 5.32 Å². The lowest BCUT2D eigenvalue weighted by Gasteiger charge is -2.14. The SMILES string of the molecule is Cc1ccc(-n2nc(C(=O)NCCCC(=O)O)c3c2CCCC3)cc1. The van der Waals surface area contributed by atoms with Crippen molar-refractivity contribution in [1.82, 2.24) is 15.1 Å². The first-order valence-electron chi connectivity index (χ1n) is 8.74. The number of hydrogen-bond acceptors (Lipinski definition) is 3. The molecular formula is C19H23N3O3. The number of amides is 1. The van der Waals surface area contributed by atoms with E-state index in [2.05, 4.69) is 10.4 Å². The van der Waals surface area contributed by atoms with Crippen molar-refractivity contribution < 1.29 is 14.7 Å². The fourth-order valence-corrected chi connectivity index (χ4v) is 3.21. The molecule has 0 aliphatic heterocycles. The van der Waals surface area contributed by atoms with E-state index >= 15 is 0 Å². The lowest BCUT2D eigenvalue weighted by molar-refractivity contribution is -0.137. The predicted octanol–water partition coefficient (Wildman–Crippen LogP) is 2.65. The average Bonchev–Trinajstić information content (AvgIpc) is 2.99. The Bertz CT molecular complexity index is 778. The van der Waals surface area contributed by atoms with Crippen LogP contribution >= 0.6 is 0 Å². The van der Waals surface area contributed by atoms with Gasteiger partial charge in [0, 0.05) is 24.2 Å². The zero-order valence-corrected chi connectivity index (χ0v) is 14.4. The van der Waals surface area contributed by atoms with Gasteiger partial charge in [-0.05, 0) is 51.2 Å². The summed E-state index contributed by atoms with van der Waals surface area (Å²) < 4.78 is 1.89. The number of aryl methyl sites for hydroxylation is 1. The second kappa shape index (κ2) is 7.51. The number of nitrogens with zero attached hydrogens (tertiary/aromatic N) is 2. The molecule has 1 aliphatic rings. The van der Waals surface area contributed by atoms with Gasteiger partial charge in [0.15, 0.2) is 5.69 Å². The molecule has 0 saturated carbocycles. The van der Waals surface area contributed by atoms with Crippen molar-refractivity contribution in [3.8, 4) is 5.69 Å². The third kappa shape index (κ3) is 3.90. The number of carbonyl (C=O) groups is 2. The standard InChI is InChI=1S/C19H23N3O3/c1-13-8-10-14(11-9-13)22-16-6-3-2-5-15(16)18(21-22)19(25)20-12-4-7-17(23)24/h8-11H,2-7,12H2,1H3,(H,20,25)(H,23,24). The van der Waals surface area contributed by atoms with Crippen molar-refractivity contribution in [1.29, 1.82) is 0 Å². The van der Waals surface area contributed by atoms with Gasteiger partial charge in [-0.3, -0.25) is 9.59 Å². The molecule has 1 aromatic heterocycles. The molecule has 1 heterocycles. The monoisotopic (exact) mass is 341 g/mol. The molecular weight excluding hydrogens is 318 g/mol. The normalized spacial score (nSPS) is 13.3. The Morgan fingerprint density at radius 3 is 2.64 bits per heavy atom. The number of rotatable bonds is 6. The zero-order chi connectivity index (χ0) is 17.8. The van der Waals surface area contributed by atoms with E-state index in [1.54, 1.807) is 0 Å². The molecule has 0 unspecified atom stereocenters. The molecule has 2 aromatic rings. The van der Waals surface area contributed by atoms with Gasteiger partial charge in [-0.15, -0.1) is 0 Å². The maximum atomic E-state index is 12.5. The molecule has 1 amide bonds. The van der Waals surface area contributed by atoms with Crippen molar-refractivity contribution in [2.45, 2.75) is 45.4 Å². The first kappa shape index (κ1) is 17.2. The van der Waals surface area contributed by atoms with Gasteiger partial charge in [-0.2, -0.15) is 5.10 Å². The summed E-state index contributed by atoms with van der Waals surface area (Å²) >= 11 is 0. The van der Waals surface area contributed by atoms with Crippen LogP contribution in [-0.4, -0.2) is 33.3 Å². The van der Waals surface area contributed by atoms with Crippen LogP contribution in [0.1, 0.15) is 53.0 Å². The molecule has 0 fully saturated rings. The Labute approximate surface area is 146 Å². The van der Waals surface area contributed by atoms with Gasteiger partial charge in [0.05, 0.1) is 5.69 Å². The summed E-state index contributed by atoms with van der Waals surface area (Å²) in [6.45, 7) is 2.38. The topological polar surface area (TPSA) is 84.2 Å². The number of aromatic nitrogens is 2. The number of hydrogen-bond donors (Lipinski definition) is 2. The minimum Gasteiger partial charge on any atom is -0.481 e. The van der Waals surface area contributed by atoms with Crippen LogP contribution in [0.2, 0.25) is 0 Å². The summed E-state index contributed by atoms with van der Waals surface area (Å²) in [6.07, 6.45) is 4.41. The highest BCUT2D eigenvalue weighted by Crippen LogP contribution is 2.27. The van der Waals surface area contributed by atoms with E-state index in [1.807, 2.05) is 35.9 Å². The smallest absolute Gasteiger partial charge is 0.303 e. The number of aliphatic carboxylic acids is 1. The fourth-order valence-electron chi connectivity index (χ4n) is 3.21. The Kier molecular flexibility index (Phi) is 5.16. The van der Waals surface area contributed by atoms with Crippen LogP contribution in [0, 0.1) is 6.92 Å². The molecule has 0 spiro atoms. The van der Waals surface area contributed by atoms with Crippen molar-refractivity contribution >= 4 is 11.9 Å². The first-order valence-corrected chi connectivity index (χ1v) is 8.74. The van der Waals surface area contributed by atoms with Gasteiger partial charge < -0.3 is 10.4 Å². The van der Waals surface area contributed by atoms with Gasteiger partial charge in [0.25, 0.3) is 5.91 Å². The van der Waals surface area contributed by atoms with Gasteiger partial charge in [0.1, 0.15) is 0 Å². The Morgan fingerprint density at radius 1 is 1.20 bits per heavy atom. The highest BCUT2D eigenvalue weighted by Gasteiger charge is 2.25. The van der Waals surface area contributed by atoms with E-state index in [0.717, 1.165) is 42.6 Å². The highest BCUT2D eigenvalue weighted by atomic mass is 16.4. The number of benzene rings is 1. The molecule has 0 radical (unpaired) electrons. The minimum atomic E-state index is -0.852. The van der Waals surface area contributed by atoms with E-state index in [4.69, 9.17) is 5.11 Å². The van der Waals surface area contributed by atoms with Crippen molar-refractivity contribution in [3.63, 3.8) is 0 Å². The maximum Gasteiger partial charge on any atom is 0.303 e. The van der Waals surface area contributed by atoms with Crippen LogP contribution in [0.5, 0.6) is 0 Å². The minimum absolute atomic E-state index is 0.0518. The van der Waals surface area contributed by atoms with Crippen molar-refractivity contribution in [2.24, 2.45) is 0 Å². The predicted molar refractivity (Wildman–Crippen MR) is 94.1 cm³/mol. The van der Waals surface area contributed by atoms with E-state index in [-0.39, 0.29) is 12.3 Å². The van der Waals surface area contributed by atoms with Crippen molar-refractivity contribution in [3.05, 3.63) is 46.8 Å². The second-order valence-electron chi connectivity index (χ2n) is 6.48. The number of carbonyl (C=O) groups excluding carboxylic acids is 1. The van der Waals surface area contributed by atoms with E-state index in [0.29, 0.717) is 18.7 Å². The van der Waals surface area contributed by atoms with Crippen LogP contribution in [-0.2, 0) is 17.6 Å². The quantitative estimate of drug-likeness (QED) is 0.791. The number of carboxylic acid groups (broad SMARTS) is 1. The van der Waals surface area contributed by atoms with E-state index in [1.165, 1.54) is 5.56 Å². The average molecular weight is 341 g/mol. The summed E-state index contributed by atoms with van der Waals surface area (Å²) in [5.41, 5.74) is 4.77. The number of carboxylic acids is 1. The van der Waals surface area contributed by atoms with Crippen molar-refractivity contribution in [2.75, 3.05) is 6.54 Å². The Morgan fingerprint density at radius 2 is 1.92 bits per heavy atom. The van der Waals surface area contributed by atoms with Gasteiger partial charge in [0.2, 0.25) is 0 Å². The number of nitrogens with one attached hydrogen (secondary N) is 1. The summed E-state index contributed by atoms with van der Waals surface area (Å²) in [6, 6.07) is 8.12. The zero-order valence-electron chi connectivity index (χ0n) is 14.4. The Balaban J connectivity index is 1.83. The molecule has 0 atom stereocenters. The highest BCUT2D eigenvalue weighted by molar-refractivity contribution is 5.94. The first-order chi connectivity index (χ1) is 12.1. The molecule has 132 valence electrons. The molecule has 6 nitrogen and oxygen atoms in total.